The summed E-state index contributed by atoms with van der Waals surface area (Å²) in [6.07, 6.45) is 1.74. The molecule has 1 aliphatic heterocycles. The Morgan fingerprint density at radius 1 is 1.39 bits per heavy atom. The van der Waals surface area contributed by atoms with Gasteiger partial charge < -0.3 is 14.5 Å². The van der Waals surface area contributed by atoms with Crippen LogP contribution in [0.1, 0.15) is 19.6 Å². The molecule has 0 aromatic carbocycles. The second-order valence-corrected chi connectivity index (χ2v) is 4.87. The maximum absolute atomic E-state index is 5.59. The van der Waals surface area contributed by atoms with Crippen LogP contribution in [-0.4, -0.2) is 43.8 Å². The van der Waals surface area contributed by atoms with E-state index in [2.05, 4.69) is 24.1 Å². The average molecular weight is 252 g/mol. The lowest BCUT2D eigenvalue weighted by Gasteiger charge is -2.26. The Balaban J connectivity index is 1.85. The van der Waals surface area contributed by atoms with Gasteiger partial charge in [-0.05, 0) is 25.2 Å². The summed E-state index contributed by atoms with van der Waals surface area (Å²) < 4.78 is 11.0. The van der Waals surface area contributed by atoms with E-state index in [9.17, 15) is 0 Å². The highest BCUT2D eigenvalue weighted by Crippen LogP contribution is 2.16. The van der Waals surface area contributed by atoms with Gasteiger partial charge in [-0.1, -0.05) is 13.8 Å². The van der Waals surface area contributed by atoms with Gasteiger partial charge in [0, 0.05) is 18.5 Å². The molecule has 0 aliphatic carbocycles. The van der Waals surface area contributed by atoms with Gasteiger partial charge in [0.1, 0.15) is 5.76 Å². The Morgan fingerprint density at radius 2 is 2.28 bits per heavy atom. The van der Waals surface area contributed by atoms with Crippen LogP contribution in [0.25, 0.3) is 0 Å². The van der Waals surface area contributed by atoms with Crippen LogP contribution in [0, 0.1) is 5.92 Å². The summed E-state index contributed by atoms with van der Waals surface area (Å²) in [5.74, 6) is 1.62. The first-order chi connectivity index (χ1) is 8.83. The number of ether oxygens (including phenoxy) is 1. The number of hydrogen-bond donors (Lipinski definition) is 1. The van der Waals surface area contributed by atoms with E-state index in [1.165, 1.54) is 0 Å². The molecule has 1 fully saturated rings. The van der Waals surface area contributed by atoms with E-state index in [-0.39, 0.29) is 0 Å². The van der Waals surface area contributed by atoms with Crippen molar-refractivity contribution in [3.63, 3.8) is 0 Å². The zero-order chi connectivity index (χ0) is 12.8. The minimum absolute atomic E-state index is 0.501. The normalized spacial score (nSPS) is 23.9. The van der Waals surface area contributed by atoms with Crippen molar-refractivity contribution in [2.75, 3.05) is 32.8 Å². The monoisotopic (exact) mass is 252 g/mol. The summed E-state index contributed by atoms with van der Waals surface area (Å²) in [4.78, 5) is 2.42. The highest BCUT2D eigenvalue weighted by Gasteiger charge is 2.28. The van der Waals surface area contributed by atoms with Crippen molar-refractivity contribution in [2.45, 2.75) is 26.4 Å². The molecule has 1 aromatic rings. The van der Waals surface area contributed by atoms with Crippen LogP contribution in [0.4, 0.5) is 0 Å². The number of rotatable bonds is 7. The molecule has 0 radical (unpaired) electrons. The largest absolute Gasteiger partial charge is 0.468 e. The molecule has 18 heavy (non-hydrogen) atoms. The topological polar surface area (TPSA) is 37.6 Å². The van der Waals surface area contributed by atoms with Gasteiger partial charge >= 0.3 is 0 Å². The Kier molecular flexibility index (Phi) is 5.23. The summed E-state index contributed by atoms with van der Waals surface area (Å²) in [5, 5.41) is 3.51. The quantitative estimate of drug-likeness (QED) is 0.802. The predicted molar refractivity (Wildman–Crippen MR) is 71.4 cm³/mol. The zero-order valence-corrected chi connectivity index (χ0v) is 11.4. The molecule has 2 atom stereocenters. The first-order valence-electron chi connectivity index (χ1n) is 6.89. The summed E-state index contributed by atoms with van der Waals surface area (Å²) in [6, 6.07) is 4.49. The Morgan fingerprint density at radius 3 is 2.94 bits per heavy atom. The maximum atomic E-state index is 5.59. The highest BCUT2D eigenvalue weighted by molar-refractivity contribution is 4.98. The van der Waals surface area contributed by atoms with Gasteiger partial charge in [0.25, 0.3) is 0 Å². The molecule has 0 saturated carbocycles. The van der Waals surface area contributed by atoms with Crippen molar-refractivity contribution >= 4 is 0 Å². The number of likely N-dealkylation sites (N-methyl/N-ethyl adjacent to an activating group) is 1. The third kappa shape index (κ3) is 3.57. The molecular formula is C14H24N2O2. The van der Waals surface area contributed by atoms with Gasteiger partial charge in [-0.3, -0.25) is 4.90 Å². The number of nitrogens with zero attached hydrogens (tertiary/aromatic N) is 1. The second-order valence-electron chi connectivity index (χ2n) is 4.87. The molecule has 1 aliphatic rings. The van der Waals surface area contributed by atoms with Gasteiger partial charge in [0.15, 0.2) is 0 Å². The van der Waals surface area contributed by atoms with Gasteiger partial charge in [-0.25, -0.2) is 0 Å². The van der Waals surface area contributed by atoms with Crippen molar-refractivity contribution in [1.29, 1.82) is 0 Å². The fraction of sp³-hybridized carbons (Fsp3) is 0.714. The number of furan rings is 1. The Hall–Kier alpha value is -0.840. The molecule has 1 N–H and O–H groups in total. The third-order valence-electron chi connectivity index (χ3n) is 3.56. The summed E-state index contributed by atoms with van der Waals surface area (Å²) in [5.41, 5.74) is 0. The van der Waals surface area contributed by atoms with Crippen LogP contribution in [0.5, 0.6) is 0 Å². The van der Waals surface area contributed by atoms with Crippen LogP contribution in [0.3, 0.4) is 0 Å². The number of hydrogen-bond acceptors (Lipinski definition) is 4. The maximum Gasteiger partial charge on any atom is 0.117 e. The van der Waals surface area contributed by atoms with E-state index in [1.807, 2.05) is 12.1 Å². The Bertz CT molecular complexity index is 327. The van der Waals surface area contributed by atoms with E-state index in [1.54, 1.807) is 6.26 Å². The van der Waals surface area contributed by atoms with Crippen LogP contribution in [0.2, 0.25) is 0 Å². The fourth-order valence-corrected chi connectivity index (χ4v) is 2.53. The lowest BCUT2D eigenvalue weighted by Crippen LogP contribution is -2.41. The molecule has 4 heteroatoms. The van der Waals surface area contributed by atoms with Gasteiger partial charge in [-0.2, -0.15) is 0 Å². The number of nitrogens with one attached hydrogen (secondary N) is 1. The van der Waals surface area contributed by atoms with Crippen molar-refractivity contribution < 1.29 is 9.15 Å². The standard InChI is InChI=1S/C14H24N2O2/c1-3-15-14-11-17-10-12(14)8-16(4-2)9-13-6-5-7-18-13/h5-7,12,14-15H,3-4,8-11H2,1-2H3. The van der Waals surface area contributed by atoms with E-state index in [0.717, 1.165) is 45.2 Å². The van der Waals surface area contributed by atoms with Crippen molar-refractivity contribution in [3.8, 4) is 0 Å². The first kappa shape index (κ1) is 13.6. The van der Waals surface area contributed by atoms with Crippen molar-refractivity contribution in [3.05, 3.63) is 24.2 Å². The van der Waals surface area contributed by atoms with Gasteiger partial charge in [0.2, 0.25) is 0 Å². The van der Waals surface area contributed by atoms with Crippen LogP contribution in [0.15, 0.2) is 22.8 Å². The van der Waals surface area contributed by atoms with E-state index < -0.39 is 0 Å². The molecule has 0 amide bonds. The lowest BCUT2D eigenvalue weighted by molar-refractivity contribution is 0.163. The lowest BCUT2D eigenvalue weighted by atomic mass is 10.0. The first-order valence-corrected chi connectivity index (χ1v) is 6.89. The molecule has 1 saturated heterocycles. The zero-order valence-electron chi connectivity index (χ0n) is 11.4. The van der Waals surface area contributed by atoms with E-state index in [0.29, 0.717) is 12.0 Å². The molecule has 4 nitrogen and oxygen atoms in total. The fourth-order valence-electron chi connectivity index (χ4n) is 2.53. The molecule has 0 bridgehead atoms. The smallest absolute Gasteiger partial charge is 0.117 e. The van der Waals surface area contributed by atoms with E-state index in [4.69, 9.17) is 9.15 Å². The van der Waals surface area contributed by atoms with Crippen molar-refractivity contribution in [2.24, 2.45) is 5.92 Å². The van der Waals surface area contributed by atoms with Crippen molar-refractivity contribution in [1.82, 2.24) is 10.2 Å². The van der Waals surface area contributed by atoms with E-state index >= 15 is 0 Å². The molecule has 2 rings (SSSR count). The third-order valence-corrected chi connectivity index (χ3v) is 3.56. The average Bonchev–Trinajstić information content (AvgIpc) is 3.01. The minimum atomic E-state index is 0.501. The molecule has 102 valence electrons. The Labute approximate surface area is 109 Å². The summed E-state index contributed by atoms with van der Waals surface area (Å²) in [6.45, 7) is 10.1. The molecular weight excluding hydrogens is 228 g/mol. The van der Waals surface area contributed by atoms with Crippen LogP contribution < -0.4 is 5.32 Å². The van der Waals surface area contributed by atoms with Gasteiger partial charge in [-0.15, -0.1) is 0 Å². The predicted octanol–water partition coefficient (Wildman–Crippen LogP) is 1.73. The summed E-state index contributed by atoms with van der Waals surface area (Å²) >= 11 is 0. The highest BCUT2D eigenvalue weighted by atomic mass is 16.5. The molecule has 1 aromatic heterocycles. The van der Waals surface area contributed by atoms with Crippen LogP contribution >= 0.6 is 0 Å². The van der Waals surface area contributed by atoms with Gasteiger partial charge in [0.05, 0.1) is 26.0 Å². The molecule has 2 heterocycles. The SMILES string of the molecule is CCNC1COCC1CN(CC)Cc1ccco1. The second kappa shape index (κ2) is 6.92. The minimum Gasteiger partial charge on any atom is -0.468 e. The molecule has 0 spiro atoms. The molecule has 2 unspecified atom stereocenters. The van der Waals surface area contributed by atoms with Crippen LogP contribution in [-0.2, 0) is 11.3 Å². The summed E-state index contributed by atoms with van der Waals surface area (Å²) in [7, 11) is 0.